The van der Waals surface area contributed by atoms with Gasteiger partial charge in [-0.2, -0.15) is 0 Å². The lowest BCUT2D eigenvalue weighted by Crippen LogP contribution is -2.23. The molecule has 1 N–H and O–H groups in total. The molecular formula is C9H18O2. The smallest absolute Gasteiger partial charge is 0.0833 e. The van der Waals surface area contributed by atoms with E-state index in [0.717, 1.165) is 6.42 Å². The van der Waals surface area contributed by atoms with Crippen LogP contribution in [0.3, 0.4) is 0 Å². The molecule has 2 atom stereocenters. The highest BCUT2D eigenvalue weighted by atomic mass is 16.5. The van der Waals surface area contributed by atoms with E-state index in [4.69, 9.17) is 4.74 Å². The number of aliphatic hydroxyl groups excluding tert-OH is 1. The summed E-state index contributed by atoms with van der Waals surface area (Å²) in [6, 6.07) is 0. The Bertz CT molecular complexity index is 110. The molecule has 66 valence electrons. The molecule has 0 aromatic carbocycles. The van der Waals surface area contributed by atoms with Gasteiger partial charge in [-0.05, 0) is 19.8 Å². The lowest BCUT2D eigenvalue weighted by atomic mass is 10.1. The van der Waals surface area contributed by atoms with E-state index in [-0.39, 0.29) is 12.2 Å². The molecule has 0 aliphatic rings. The van der Waals surface area contributed by atoms with Crippen LogP contribution in [-0.4, -0.2) is 24.4 Å². The number of rotatable bonds is 5. The van der Waals surface area contributed by atoms with E-state index in [1.807, 2.05) is 19.1 Å². The molecule has 0 fully saturated rings. The molecule has 0 aromatic heterocycles. The van der Waals surface area contributed by atoms with E-state index < -0.39 is 0 Å². The molecule has 2 heteroatoms. The van der Waals surface area contributed by atoms with Crippen molar-refractivity contribution < 1.29 is 9.84 Å². The molecule has 0 aromatic rings. The second-order valence-corrected chi connectivity index (χ2v) is 2.62. The zero-order chi connectivity index (χ0) is 8.69. The molecule has 11 heavy (non-hydrogen) atoms. The van der Waals surface area contributed by atoms with Crippen molar-refractivity contribution in [1.82, 2.24) is 0 Å². The van der Waals surface area contributed by atoms with E-state index >= 15 is 0 Å². The summed E-state index contributed by atoms with van der Waals surface area (Å²) in [7, 11) is 1.61. The van der Waals surface area contributed by atoms with Crippen molar-refractivity contribution in [3.63, 3.8) is 0 Å². The summed E-state index contributed by atoms with van der Waals surface area (Å²) in [6.07, 6.45) is 5.29. The van der Waals surface area contributed by atoms with Gasteiger partial charge in [0.25, 0.3) is 0 Å². The number of hydrogen-bond donors (Lipinski definition) is 1. The minimum Gasteiger partial charge on any atom is -0.390 e. The van der Waals surface area contributed by atoms with Gasteiger partial charge in [0.2, 0.25) is 0 Å². The molecule has 0 aliphatic carbocycles. The Labute approximate surface area is 68.9 Å². The van der Waals surface area contributed by atoms with Gasteiger partial charge < -0.3 is 9.84 Å². The predicted octanol–water partition coefficient (Wildman–Crippen LogP) is 1.74. The van der Waals surface area contributed by atoms with Gasteiger partial charge in [-0.1, -0.05) is 19.1 Å². The lowest BCUT2D eigenvalue weighted by molar-refractivity contribution is 0.00173. The average Bonchev–Trinajstić information content (AvgIpc) is 2.03. The molecule has 0 rings (SSSR count). The first kappa shape index (κ1) is 10.7. The fraction of sp³-hybridized carbons (Fsp3) is 0.778. The molecule has 2 unspecified atom stereocenters. The quantitative estimate of drug-likeness (QED) is 0.617. The molecule has 0 bridgehead atoms. The Morgan fingerprint density at radius 1 is 1.45 bits per heavy atom. The number of ether oxygens (including phenoxy) is 1. The fourth-order valence-electron chi connectivity index (χ4n) is 0.751. The zero-order valence-corrected chi connectivity index (χ0v) is 7.58. The van der Waals surface area contributed by atoms with Crippen LogP contribution in [0.25, 0.3) is 0 Å². The third-order valence-corrected chi connectivity index (χ3v) is 1.69. The van der Waals surface area contributed by atoms with Gasteiger partial charge in [0, 0.05) is 7.11 Å². The van der Waals surface area contributed by atoms with Crippen LogP contribution in [0, 0.1) is 0 Å². The zero-order valence-electron chi connectivity index (χ0n) is 7.58. The maximum atomic E-state index is 9.37. The predicted molar refractivity (Wildman–Crippen MR) is 46.5 cm³/mol. The highest BCUT2D eigenvalue weighted by Gasteiger charge is 2.10. The van der Waals surface area contributed by atoms with E-state index in [1.165, 1.54) is 0 Å². The summed E-state index contributed by atoms with van der Waals surface area (Å²) >= 11 is 0. The minimum atomic E-state index is -0.372. The standard InChI is InChI=1S/C9H18O2/c1-4-5-6-7-9(10)8(2)11-3/h5-6,8-10H,4,7H2,1-3H3/b6-5+. The molecule has 0 radical (unpaired) electrons. The molecule has 2 nitrogen and oxygen atoms in total. The summed E-state index contributed by atoms with van der Waals surface area (Å²) in [5.74, 6) is 0. The SMILES string of the molecule is CC/C=C/CC(O)C(C)OC. The molecule has 0 amide bonds. The van der Waals surface area contributed by atoms with Gasteiger partial charge >= 0.3 is 0 Å². The first-order valence-corrected chi connectivity index (χ1v) is 4.08. The van der Waals surface area contributed by atoms with E-state index in [0.29, 0.717) is 6.42 Å². The fourth-order valence-corrected chi connectivity index (χ4v) is 0.751. The van der Waals surface area contributed by atoms with Crippen LogP contribution in [0.5, 0.6) is 0 Å². The Morgan fingerprint density at radius 3 is 2.55 bits per heavy atom. The third-order valence-electron chi connectivity index (χ3n) is 1.69. The van der Waals surface area contributed by atoms with Gasteiger partial charge in [0.05, 0.1) is 12.2 Å². The number of aliphatic hydroxyl groups is 1. The van der Waals surface area contributed by atoms with Crippen molar-refractivity contribution in [3.05, 3.63) is 12.2 Å². The normalized spacial score (nSPS) is 17.1. The van der Waals surface area contributed by atoms with Crippen LogP contribution in [-0.2, 0) is 4.74 Å². The first-order valence-electron chi connectivity index (χ1n) is 4.08. The van der Waals surface area contributed by atoms with Crippen LogP contribution in [0.1, 0.15) is 26.7 Å². The summed E-state index contributed by atoms with van der Waals surface area (Å²) in [5, 5.41) is 9.37. The van der Waals surface area contributed by atoms with Crippen molar-refractivity contribution in [2.24, 2.45) is 0 Å². The van der Waals surface area contributed by atoms with Crippen molar-refractivity contribution in [2.75, 3.05) is 7.11 Å². The number of allylic oxidation sites excluding steroid dienone is 1. The molecule has 0 saturated carbocycles. The van der Waals surface area contributed by atoms with Crippen LogP contribution >= 0.6 is 0 Å². The van der Waals surface area contributed by atoms with E-state index in [1.54, 1.807) is 7.11 Å². The van der Waals surface area contributed by atoms with Gasteiger partial charge in [-0.15, -0.1) is 0 Å². The van der Waals surface area contributed by atoms with Crippen molar-refractivity contribution in [3.8, 4) is 0 Å². The van der Waals surface area contributed by atoms with Crippen molar-refractivity contribution in [2.45, 2.75) is 38.9 Å². The summed E-state index contributed by atoms with van der Waals surface area (Å²) in [5.41, 5.74) is 0. The van der Waals surface area contributed by atoms with Crippen LogP contribution in [0.4, 0.5) is 0 Å². The van der Waals surface area contributed by atoms with Crippen LogP contribution in [0.2, 0.25) is 0 Å². The van der Waals surface area contributed by atoms with Crippen LogP contribution in [0.15, 0.2) is 12.2 Å². The first-order chi connectivity index (χ1) is 5.22. The maximum Gasteiger partial charge on any atom is 0.0833 e. The summed E-state index contributed by atoms with van der Waals surface area (Å²) in [4.78, 5) is 0. The van der Waals surface area contributed by atoms with Crippen LogP contribution < -0.4 is 0 Å². The van der Waals surface area contributed by atoms with Crippen molar-refractivity contribution >= 4 is 0 Å². The van der Waals surface area contributed by atoms with Crippen molar-refractivity contribution in [1.29, 1.82) is 0 Å². The molecule has 0 aliphatic heterocycles. The number of methoxy groups -OCH3 is 1. The average molecular weight is 158 g/mol. The summed E-state index contributed by atoms with van der Waals surface area (Å²) in [6.45, 7) is 3.94. The van der Waals surface area contributed by atoms with E-state index in [9.17, 15) is 5.11 Å². The van der Waals surface area contributed by atoms with Gasteiger partial charge in [0.1, 0.15) is 0 Å². The Hall–Kier alpha value is -0.340. The topological polar surface area (TPSA) is 29.5 Å². The largest absolute Gasteiger partial charge is 0.390 e. The second-order valence-electron chi connectivity index (χ2n) is 2.62. The van der Waals surface area contributed by atoms with Gasteiger partial charge in [-0.3, -0.25) is 0 Å². The summed E-state index contributed by atoms with van der Waals surface area (Å²) < 4.78 is 4.96. The monoisotopic (exact) mass is 158 g/mol. The maximum absolute atomic E-state index is 9.37. The number of hydrogen-bond acceptors (Lipinski definition) is 2. The molecule has 0 spiro atoms. The third kappa shape index (κ3) is 4.99. The minimum absolute atomic E-state index is 0.0727. The van der Waals surface area contributed by atoms with Gasteiger partial charge in [-0.25, -0.2) is 0 Å². The highest BCUT2D eigenvalue weighted by Crippen LogP contribution is 2.02. The molecule has 0 heterocycles. The Balaban J connectivity index is 3.50. The lowest BCUT2D eigenvalue weighted by Gasteiger charge is -2.14. The molecular weight excluding hydrogens is 140 g/mol. The Morgan fingerprint density at radius 2 is 2.09 bits per heavy atom. The molecule has 0 saturated heterocycles. The van der Waals surface area contributed by atoms with Gasteiger partial charge in [0.15, 0.2) is 0 Å². The Kier molecular flexibility index (Phi) is 6.18. The second kappa shape index (κ2) is 6.38. The van der Waals surface area contributed by atoms with E-state index in [2.05, 4.69) is 6.92 Å². The highest BCUT2D eigenvalue weighted by molar-refractivity contribution is 4.84.